The maximum Gasteiger partial charge on any atom is 0.207 e. The van der Waals surface area contributed by atoms with Crippen LogP contribution in [0.15, 0.2) is 24.4 Å². The summed E-state index contributed by atoms with van der Waals surface area (Å²) in [6.07, 6.45) is 1.44. The quantitative estimate of drug-likeness (QED) is 0.770. The number of nitrogens with zero attached hydrogens (tertiary/aromatic N) is 1. The van der Waals surface area contributed by atoms with Gasteiger partial charge in [0.05, 0.1) is 5.56 Å². The lowest BCUT2D eigenvalue weighted by atomic mass is 9.99. The molecule has 2 aromatic rings. The molecule has 1 aliphatic heterocycles. The summed E-state index contributed by atoms with van der Waals surface area (Å²) in [5.74, 6) is 0.963. The number of Topliss-reactive ketones (excluding diaryl/α,β-unsaturated/α-hetero) is 1. The van der Waals surface area contributed by atoms with Gasteiger partial charge in [0.1, 0.15) is 5.75 Å². The highest BCUT2D eigenvalue weighted by Gasteiger charge is 2.35. The van der Waals surface area contributed by atoms with E-state index in [1.807, 2.05) is 39.0 Å². The number of ketones is 1. The van der Waals surface area contributed by atoms with E-state index in [1.54, 1.807) is 6.20 Å². The van der Waals surface area contributed by atoms with Gasteiger partial charge in [0.25, 0.3) is 0 Å². The van der Waals surface area contributed by atoms with Crippen LogP contribution >= 0.6 is 0 Å². The van der Waals surface area contributed by atoms with Crippen LogP contribution in [0.25, 0.3) is 10.8 Å². The fourth-order valence-electron chi connectivity index (χ4n) is 2.40. The number of carbonyl (C=O) groups excluding carboxylic acids is 1. The molecule has 1 atom stereocenters. The summed E-state index contributed by atoms with van der Waals surface area (Å²) in [5, 5.41) is 1.99. The molecule has 1 aliphatic rings. The summed E-state index contributed by atoms with van der Waals surface area (Å²) < 4.78 is 5.84. The van der Waals surface area contributed by atoms with E-state index in [-0.39, 0.29) is 17.8 Å². The number of aromatic nitrogens is 1. The molecule has 0 unspecified atom stereocenters. The first-order chi connectivity index (χ1) is 8.58. The van der Waals surface area contributed by atoms with Crippen LogP contribution < -0.4 is 4.74 Å². The Morgan fingerprint density at radius 3 is 2.83 bits per heavy atom. The number of hydrogen-bond donors (Lipinski definition) is 0. The molecule has 0 bridgehead atoms. The molecule has 3 rings (SSSR count). The van der Waals surface area contributed by atoms with Crippen molar-refractivity contribution in [3.05, 3.63) is 35.7 Å². The molecule has 0 N–H and O–H groups in total. The van der Waals surface area contributed by atoms with Gasteiger partial charge in [0, 0.05) is 17.3 Å². The third kappa shape index (κ3) is 1.50. The first kappa shape index (κ1) is 11.2. The minimum absolute atomic E-state index is 0.0856. The zero-order valence-corrected chi connectivity index (χ0v) is 10.7. The summed E-state index contributed by atoms with van der Waals surface area (Å²) in [5.41, 5.74) is 1.65. The number of rotatable bonds is 1. The summed E-state index contributed by atoms with van der Waals surface area (Å²) in [4.78, 5) is 16.5. The van der Waals surface area contributed by atoms with Crippen molar-refractivity contribution in [1.29, 1.82) is 0 Å². The summed E-state index contributed by atoms with van der Waals surface area (Å²) in [6, 6.07) is 5.83. The molecule has 92 valence electrons. The van der Waals surface area contributed by atoms with Crippen LogP contribution in [-0.2, 0) is 0 Å². The number of carbonyl (C=O) groups is 1. The SMILES string of the molecule is Cc1cc2ccc3c(c2cn1)O[C@H](C(C)C)C3=O. The van der Waals surface area contributed by atoms with Crippen molar-refractivity contribution in [3.63, 3.8) is 0 Å². The van der Waals surface area contributed by atoms with E-state index in [1.165, 1.54) is 0 Å². The smallest absolute Gasteiger partial charge is 0.207 e. The van der Waals surface area contributed by atoms with Crippen molar-refractivity contribution in [2.75, 3.05) is 0 Å². The average molecular weight is 241 g/mol. The molecule has 1 aromatic carbocycles. The van der Waals surface area contributed by atoms with Crippen LogP contribution in [0.1, 0.15) is 29.9 Å². The Morgan fingerprint density at radius 2 is 2.11 bits per heavy atom. The molecular formula is C15H15NO2. The lowest BCUT2D eigenvalue weighted by molar-refractivity contribution is 0.0792. The molecule has 0 aliphatic carbocycles. The third-order valence-corrected chi connectivity index (χ3v) is 3.37. The maximum absolute atomic E-state index is 12.2. The number of ether oxygens (including phenoxy) is 1. The van der Waals surface area contributed by atoms with Gasteiger partial charge in [-0.3, -0.25) is 9.78 Å². The van der Waals surface area contributed by atoms with Crippen LogP contribution in [0.2, 0.25) is 0 Å². The molecule has 3 nitrogen and oxygen atoms in total. The Kier molecular flexibility index (Phi) is 2.37. The van der Waals surface area contributed by atoms with Crippen molar-refractivity contribution in [2.24, 2.45) is 5.92 Å². The molecule has 0 fully saturated rings. The zero-order chi connectivity index (χ0) is 12.9. The van der Waals surface area contributed by atoms with Crippen molar-refractivity contribution >= 4 is 16.6 Å². The third-order valence-electron chi connectivity index (χ3n) is 3.37. The van der Waals surface area contributed by atoms with Crippen molar-refractivity contribution in [2.45, 2.75) is 26.9 Å². The van der Waals surface area contributed by atoms with E-state index in [4.69, 9.17) is 4.74 Å². The fourth-order valence-corrected chi connectivity index (χ4v) is 2.40. The van der Waals surface area contributed by atoms with E-state index in [9.17, 15) is 4.79 Å². The molecule has 18 heavy (non-hydrogen) atoms. The predicted molar refractivity (Wildman–Crippen MR) is 70.1 cm³/mol. The Labute approximate surface area is 106 Å². The number of fused-ring (bicyclic) bond motifs is 3. The van der Waals surface area contributed by atoms with Gasteiger partial charge in [-0.25, -0.2) is 0 Å². The van der Waals surface area contributed by atoms with Crippen molar-refractivity contribution < 1.29 is 9.53 Å². The van der Waals surface area contributed by atoms with Gasteiger partial charge in [0.15, 0.2) is 6.10 Å². The Hall–Kier alpha value is -1.90. The van der Waals surface area contributed by atoms with E-state index in [2.05, 4.69) is 4.98 Å². The van der Waals surface area contributed by atoms with Gasteiger partial charge in [-0.1, -0.05) is 19.9 Å². The molecule has 2 heterocycles. The number of benzene rings is 1. The van der Waals surface area contributed by atoms with Crippen LogP contribution in [0.4, 0.5) is 0 Å². The summed E-state index contributed by atoms with van der Waals surface area (Å²) >= 11 is 0. The van der Waals surface area contributed by atoms with Crippen LogP contribution in [0.3, 0.4) is 0 Å². The standard InChI is InChI=1S/C15H15NO2/c1-8(2)14-13(17)11-5-4-10-6-9(3)16-7-12(10)15(11)18-14/h4-8,14H,1-3H3/t14-/m1/s1. The molecule has 1 aromatic heterocycles. The Bertz CT molecular complexity index is 646. The Balaban J connectivity index is 2.22. The van der Waals surface area contributed by atoms with Gasteiger partial charge in [-0.15, -0.1) is 0 Å². The van der Waals surface area contributed by atoms with Crippen LogP contribution in [-0.4, -0.2) is 16.9 Å². The van der Waals surface area contributed by atoms with Crippen LogP contribution in [0, 0.1) is 12.8 Å². The molecular weight excluding hydrogens is 226 g/mol. The van der Waals surface area contributed by atoms with E-state index < -0.39 is 0 Å². The summed E-state index contributed by atoms with van der Waals surface area (Å²) in [6.45, 7) is 5.95. The van der Waals surface area contributed by atoms with Gasteiger partial charge < -0.3 is 4.74 Å². The minimum atomic E-state index is -0.355. The van der Waals surface area contributed by atoms with Crippen molar-refractivity contribution in [3.8, 4) is 5.75 Å². The second-order valence-corrected chi connectivity index (χ2v) is 5.14. The van der Waals surface area contributed by atoms with Gasteiger partial charge in [-0.05, 0) is 30.4 Å². The number of hydrogen-bond acceptors (Lipinski definition) is 3. The zero-order valence-electron chi connectivity index (χ0n) is 10.7. The largest absolute Gasteiger partial charge is 0.481 e. The highest BCUT2D eigenvalue weighted by atomic mass is 16.5. The van der Waals surface area contributed by atoms with E-state index in [0.29, 0.717) is 11.3 Å². The maximum atomic E-state index is 12.2. The number of pyridine rings is 1. The second-order valence-electron chi connectivity index (χ2n) is 5.14. The molecule has 0 radical (unpaired) electrons. The predicted octanol–water partition coefficient (Wildman–Crippen LogP) is 3.14. The number of aryl methyl sites for hydroxylation is 1. The second kappa shape index (κ2) is 3.80. The molecule has 0 saturated heterocycles. The first-order valence-corrected chi connectivity index (χ1v) is 6.18. The first-order valence-electron chi connectivity index (χ1n) is 6.18. The Morgan fingerprint density at radius 1 is 1.33 bits per heavy atom. The molecule has 3 heteroatoms. The van der Waals surface area contributed by atoms with Crippen molar-refractivity contribution in [1.82, 2.24) is 4.98 Å². The monoisotopic (exact) mass is 241 g/mol. The summed E-state index contributed by atoms with van der Waals surface area (Å²) in [7, 11) is 0. The molecule has 0 amide bonds. The molecule has 0 saturated carbocycles. The molecule has 0 spiro atoms. The highest BCUT2D eigenvalue weighted by molar-refractivity contribution is 6.09. The van der Waals surface area contributed by atoms with E-state index in [0.717, 1.165) is 16.5 Å². The van der Waals surface area contributed by atoms with Crippen LogP contribution in [0.5, 0.6) is 5.75 Å². The lowest BCUT2D eigenvalue weighted by Gasteiger charge is -2.13. The van der Waals surface area contributed by atoms with Gasteiger partial charge in [-0.2, -0.15) is 0 Å². The lowest BCUT2D eigenvalue weighted by Crippen LogP contribution is -2.26. The minimum Gasteiger partial charge on any atom is -0.481 e. The van der Waals surface area contributed by atoms with Gasteiger partial charge >= 0.3 is 0 Å². The van der Waals surface area contributed by atoms with E-state index >= 15 is 0 Å². The van der Waals surface area contributed by atoms with Gasteiger partial charge in [0.2, 0.25) is 5.78 Å². The average Bonchev–Trinajstić information content (AvgIpc) is 2.67. The normalized spacial score (nSPS) is 18.2. The highest BCUT2D eigenvalue weighted by Crippen LogP contribution is 2.37. The fraction of sp³-hybridized carbons (Fsp3) is 0.333. The topological polar surface area (TPSA) is 39.2 Å².